The van der Waals surface area contributed by atoms with E-state index in [9.17, 15) is 14.4 Å². The zero-order valence-electron chi connectivity index (χ0n) is 15.0. The van der Waals surface area contributed by atoms with Crippen molar-refractivity contribution in [2.24, 2.45) is 0 Å². The number of hydrogen-bond acceptors (Lipinski definition) is 6. The van der Waals surface area contributed by atoms with E-state index in [1.54, 1.807) is 32.2 Å². The van der Waals surface area contributed by atoms with E-state index in [1.165, 1.54) is 11.8 Å². The molecule has 1 amide bonds. The Morgan fingerprint density at radius 2 is 1.96 bits per heavy atom. The molecule has 0 radical (unpaired) electrons. The van der Waals surface area contributed by atoms with Crippen LogP contribution in [0.15, 0.2) is 21.3 Å². The van der Waals surface area contributed by atoms with Crippen LogP contribution in [0.1, 0.15) is 16.7 Å². The minimum Gasteiger partial charge on any atom is -0.483 e. The number of ether oxygens (including phenoxy) is 1. The van der Waals surface area contributed by atoms with Gasteiger partial charge in [-0.2, -0.15) is 11.8 Å². The van der Waals surface area contributed by atoms with Crippen molar-refractivity contribution < 1.29 is 23.8 Å². The topological polar surface area (TPSA) is 106 Å². The number of amides is 1. The van der Waals surface area contributed by atoms with Crippen LogP contribution in [0.3, 0.4) is 0 Å². The van der Waals surface area contributed by atoms with Gasteiger partial charge in [-0.05, 0) is 50.3 Å². The first-order chi connectivity index (χ1) is 12.2. The smallest absolute Gasteiger partial charge is 0.339 e. The van der Waals surface area contributed by atoms with Gasteiger partial charge in [0.2, 0.25) is 0 Å². The number of hydrogen-bond donors (Lipinski definition) is 2. The molecule has 0 saturated heterocycles. The minimum absolute atomic E-state index is 0.262. The van der Waals surface area contributed by atoms with Crippen molar-refractivity contribution in [3.05, 3.63) is 39.2 Å². The molecular weight excluding hydrogens is 358 g/mol. The van der Waals surface area contributed by atoms with Gasteiger partial charge >= 0.3 is 11.6 Å². The molecule has 140 valence electrons. The van der Waals surface area contributed by atoms with Gasteiger partial charge in [0.1, 0.15) is 17.4 Å². The average Bonchev–Trinajstić information content (AvgIpc) is 2.56. The van der Waals surface area contributed by atoms with E-state index >= 15 is 0 Å². The van der Waals surface area contributed by atoms with Crippen molar-refractivity contribution in [3.63, 3.8) is 0 Å². The predicted octanol–water partition coefficient (Wildman–Crippen LogP) is 2.03. The van der Waals surface area contributed by atoms with Gasteiger partial charge in [-0.15, -0.1) is 0 Å². The Morgan fingerprint density at radius 1 is 1.27 bits per heavy atom. The van der Waals surface area contributed by atoms with E-state index in [-0.39, 0.29) is 12.4 Å². The number of thioether (sulfide) groups is 1. The molecule has 26 heavy (non-hydrogen) atoms. The molecule has 1 aromatic carbocycles. The summed E-state index contributed by atoms with van der Waals surface area (Å²) in [6.45, 7) is 4.93. The van der Waals surface area contributed by atoms with Gasteiger partial charge in [-0.25, -0.2) is 9.59 Å². The maximum absolute atomic E-state index is 12.1. The summed E-state index contributed by atoms with van der Waals surface area (Å²) in [4.78, 5) is 35.0. The summed E-state index contributed by atoms with van der Waals surface area (Å²) in [7, 11) is 0. The van der Waals surface area contributed by atoms with Gasteiger partial charge in [-0.3, -0.25) is 4.79 Å². The zero-order chi connectivity index (χ0) is 19.4. The molecule has 2 N–H and O–H groups in total. The van der Waals surface area contributed by atoms with Gasteiger partial charge in [0, 0.05) is 11.3 Å². The SMILES string of the molecule is CSC[C@H](NC(=O)COc1cc(C)cc2oc(=O)c(C)c(C)c12)C(=O)O. The van der Waals surface area contributed by atoms with Crippen LogP contribution in [0.4, 0.5) is 0 Å². The first-order valence-electron chi connectivity index (χ1n) is 7.93. The molecular formula is C18H21NO6S. The molecule has 0 aliphatic heterocycles. The van der Waals surface area contributed by atoms with E-state index in [0.717, 1.165) is 11.1 Å². The van der Waals surface area contributed by atoms with Crippen molar-refractivity contribution >= 4 is 34.6 Å². The Labute approximate surface area is 154 Å². The van der Waals surface area contributed by atoms with E-state index in [1.807, 2.05) is 6.92 Å². The van der Waals surface area contributed by atoms with E-state index < -0.39 is 23.5 Å². The molecule has 1 aromatic heterocycles. The van der Waals surface area contributed by atoms with E-state index in [2.05, 4.69) is 5.32 Å². The molecule has 0 spiro atoms. The Balaban J connectivity index is 2.26. The molecule has 0 aliphatic carbocycles. The number of carbonyl (C=O) groups excluding carboxylic acids is 1. The number of nitrogens with one attached hydrogen (secondary N) is 1. The maximum Gasteiger partial charge on any atom is 0.339 e. The normalized spacial score (nSPS) is 12.0. The summed E-state index contributed by atoms with van der Waals surface area (Å²) in [6.07, 6.45) is 1.76. The standard InChI is InChI=1S/C18H21NO6S/c1-9-5-13(16-10(2)11(3)18(23)25-14(16)6-9)24-7-15(20)19-12(8-26-4)17(21)22/h5-6,12H,7-8H2,1-4H3,(H,19,20)(H,21,22)/t12-/m0/s1. The second-order valence-electron chi connectivity index (χ2n) is 5.98. The zero-order valence-corrected chi connectivity index (χ0v) is 15.9. The lowest BCUT2D eigenvalue weighted by molar-refractivity contribution is -0.141. The molecule has 0 aliphatic rings. The Hall–Kier alpha value is -2.48. The van der Waals surface area contributed by atoms with Crippen molar-refractivity contribution in [2.75, 3.05) is 18.6 Å². The highest BCUT2D eigenvalue weighted by Gasteiger charge is 2.20. The number of carboxylic acid groups (broad SMARTS) is 1. The van der Waals surface area contributed by atoms with Crippen LogP contribution >= 0.6 is 11.8 Å². The first-order valence-corrected chi connectivity index (χ1v) is 9.32. The van der Waals surface area contributed by atoms with Crippen molar-refractivity contribution in [3.8, 4) is 5.75 Å². The molecule has 0 fully saturated rings. The number of aryl methyl sites for hydroxylation is 2. The van der Waals surface area contributed by atoms with E-state index in [0.29, 0.717) is 22.3 Å². The largest absolute Gasteiger partial charge is 0.483 e. The van der Waals surface area contributed by atoms with Crippen LogP contribution in [0.25, 0.3) is 11.0 Å². The average molecular weight is 379 g/mol. The van der Waals surface area contributed by atoms with Gasteiger partial charge in [-0.1, -0.05) is 0 Å². The van der Waals surface area contributed by atoms with Crippen molar-refractivity contribution in [2.45, 2.75) is 26.8 Å². The Morgan fingerprint density at radius 3 is 2.58 bits per heavy atom. The van der Waals surface area contributed by atoms with Crippen LogP contribution in [0.2, 0.25) is 0 Å². The number of carboxylic acids is 1. The number of fused-ring (bicyclic) bond motifs is 1. The molecule has 2 aromatic rings. The van der Waals surface area contributed by atoms with Gasteiger partial charge < -0.3 is 19.6 Å². The second kappa shape index (κ2) is 8.27. The summed E-state index contributed by atoms with van der Waals surface area (Å²) < 4.78 is 10.9. The van der Waals surface area contributed by atoms with Gasteiger partial charge in [0.15, 0.2) is 6.61 Å². The fourth-order valence-electron chi connectivity index (χ4n) is 2.52. The third-order valence-corrected chi connectivity index (χ3v) is 4.65. The summed E-state index contributed by atoms with van der Waals surface area (Å²) in [6, 6.07) is 2.51. The fourth-order valence-corrected chi connectivity index (χ4v) is 3.08. The molecule has 0 bridgehead atoms. The highest BCUT2D eigenvalue weighted by Crippen LogP contribution is 2.30. The lowest BCUT2D eigenvalue weighted by atomic mass is 10.0. The van der Waals surface area contributed by atoms with Crippen LogP contribution in [0, 0.1) is 20.8 Å². The van der Waals surface area contributed by atoms with Crippen molar-refractivity contribution in [1.82, 2.24) is 5.32 Å². The lowest BCUT2D eigenvalue weighted by Crippen LogP contribution is -2.44. The first kappa shape index (κ1) is 19.8. The number of rotatable bonds is 7. The third kappa shape index (κ3) is 4.37. The highest BCUT2D eigenvalue weighted by atomic mass is 32.2. The third-order valence-electron chi connectivity index (χ3n) is 3.98. The molecule has 2 rings (SSSR count). The Kier molecular flexibility index (Phi) is 6.31. The number of carbonyl (C=O) groups is 2. The van der Waals surface area contributed by atoms with E-state index in [4.69, 9.17) is 14.3 Å². The lowest BCUT2D eigenvalue weighted by Gasteiger charge is -2.15. The van der Waals surface area contributed by atoms with Crippen molar-refractivity contribution in [1.29, 1.82) is 0 Å². The maximum atomic E-state index is 12.1. The predicted molar refractivity (Wildman–Crippen MR) is 100 cm³/mol. The second-order valence-corrected chi connectivity index (χ2v) is 6.89. The molecule has 0 saturated carbocycles. The van der Waals surface area contributed by atoms with Crippen LogP contribution < -0.4 is 15.7 Å². The number of benzene rings is 1. The summed E-state index contributed by atoms with van der Waals surface area (Å²) in [5.74, 6) is -0.955. The number of aliphatic carboxylic acids is 1. The molecule has 8 heteroatoms. The summed E-state index contributed by atoms with van der Waals surface area (Å²) >= 11 is 1.32. The summed E-state index contributed by atoms with van der Waals surface area (Å²) in [5.41, 5.74) is 1.98. The molecule has 1 heterocycles. The van der Waals surface area contributed by atoms with Crippen LogP contribution in [-0.2, 0) is 9.59 Å². The minimum atomic E-state index is -1.10. The monoisotopic (exact) mass is 379 g/mol. The van der Waals surface area contributed by atoms with Crippen LogP contribution in [-0.4, -0.2) is 41.6 Å². The van der Waals surface area contributed by atoms with Crippen LogP contribution in [0.5, 0.6) is 5.75 Å². The highest BCUT2D eigenvalue weighted by molar-refractivity contribution is 7.98. The van der Waals surface area contributed by atoms with Gasteiger partial charge in [0.25, 0.3) is 5.91 Å². The summed E-state index contributed by atoms with van der Waals surface area (Å²) in [5, 5.41) is 12.2. The Bertz CT molecular complexity index is 905. The molecule has 0 unspecified atom stereocenters. The molecule has 1 atom stereocenters. The quantitative estimate of drug-likeness (QED) is 0.709. The fraction of sp³-hybridized carbons (Fsp3) is 0.389. The molecule has 7 nitrogen and oxygen atoms in total. The van der Waals surface area contributed by atoms with Gasteiger partial charge in [0.05, 0.1) is 5.39 Å².